The third-order valence-electron chi connectivity index (χ3n) is 6.12. The number of rotatable bonds is 4. The molecular weight excluding hydrogens is 378 g/mol. The number of aromatic nitrogens is 2. The first-order valence-electron chi connectivity index (χ1n) is 10.2. The summed E-state index contributed by atoms with van der Waals surface area (Å²) in [4.78, 5) is 36.4. The number of nitrogens with one attached hydrogen (secondary N) is 1. The lowest BCUT2D eigenvalue weighted by molar-refractivity contribution is -0.123. The van der Waals surface area contributed by atoms with Crippen LogP contribution in [0.15, 0.2) is 42.5 Å². The number of nitrogen functional groups attached to an aromatic ring is 1. The Hall–Kier alpha value is -3.48. The lowest BCUT2D eigenvalue weighted by Crippen LogP contribution is -2.34. The van der Waals surface area contributed by atoms with Crippen LogP contribution in [0.4, 0.5) is 5.95 Å². The van der Waals surface area contributed by atoms with Gasteiger partial charge in [0.25, 0.3) is 5.91 Å². The maximum atomic E-state index is 13.4. The number of anilines is 1. The highest BCUT2D eigenvalue weighted by Crippen LogP contribution is 2.49. The summed E-state index contributed by atoms with van der Waals surface area (Å²) in [5.74, 6) is -0.0749. The number of carbonyl (C=O) groups is 2. The Morgan fingerprint density at radius 3 is 2.43 bits per heavy atom. The lowest BCUT2D eigenvalue weighted by Gasteiger charge is -2.18. The Labute approximate surface area is 174 Å². The number of benzene rings is 2. The summed E-state index contributed by atoms with van der Waals surface area (Å²) in [6, 6.07) is 13.7. The molecule has 152 valence electrons. The molecule has 0 spiro atoms. The maximum absolute atomic E-state index is 13.4. The average molecular weight is 401 g/mol. The molecule has 30 heavy (non-hydrogen) atoms. The topological polar surface area (TPSA) is 101 Å². The van der Waals surface area contributed by atoms with Crippen molar-refractivity contribution in [2.45, 2.75) is 38.3 Å². The minimum Gasteiger partial charge on any atom is -0.368 e. The molecule has 0 saturated heterocycles. The first-order valence-corrected chi connectivity index (χ1v) is 10.2. The molecule has 2 amide bonds. The number of amides is 2. The van der Waals surface area contributed by atoms with Crippen molar-refractivity contribution in [3.8, 4) is 0 Å². The van der Waals surface area contributed by atoms with E-state index in [0.717, 1.165) is 29.5 Å². The first kappa shape index (κ1) is 18.5. The van der Waals surface area contributed by atoms with Gasteiger partial charge < -0.3 is 16.0 Å². The zero-order chi connectivity index (χ0) is 20.9. The van der Waals surface area contributed by atoms with Gasteiger partial charge in [-0.2, -0.15) is 0 Å². The highest BCUT2D eigenvalue weighted by atomic mass is 16.2. The fourth-order valence-corrected chi connectivity index (χ4v) is 4.34. The van der Waals surface area contributed by atoms with Crippen LogP contribution in [0.2, 0.25) is 0 Å². The smallest absolute Gasteiger partial charge is 0.273 e. The number of fused-ring (bicyclic) bond motifs is 2. The number of hydrogen-bond acceptors (Lipinski definition) is 5. The first-order chi connectivity index (χ1) is 14.5. The number of nitrogens with two attached hydrogens (primary N) is 1. The standard InChI is InChI=1S/C23H23N5O2/c1-2-25-21(30)23(9-10-23)16-7-8-18-17(11-16)19(27-22(24)26-18)20(29)28-12-14-5-3-4-6-15(14)13-28/h3-8,11H,2,9-10,12-13H2,1H3,(H,25,30)(H2,24,26,27). The summed E-state index contributed by atoms with van der Waals surface area (Å²) in [5.41, 5.74) is 9.48. The lowest BCUT2D eigenvalue weighted by atomic mass is 9.93. The Morgan fingerprint density at radius 1 is 1.10 bits per heavy atom. The summed E-state index contributed by atoms with van der Waals surface area (Å²) in [5, 5.41) is 3.57. The molecule has 1 aliphatic heterocycles. The van der Waals surface area contributed by atoms with Gasteiger partial charge in [0.15, 0.2) is 0 Å². The molecule has 3 N–H and O–H groups in total. The van der Waals surface area contributed by atoms with Crippen LogP contribution in [0.25, 0.3) is 10.9 Å². The van der Waals surface area contributed by atoms with Crippen LogP contribution in [0.3, 0.4) is 0 Å². The van der Waals surface area contributed by atoms with E-state index in [-0.39, 0.29) is 17.8 Å². The molecule has 0 radical (unpaired) electrons. The second-order valence-electron chi connectivity index (χ2n) is 8.03. The van der Waals surface area contributed by atoms with E-state index in [1.807, 2.05) is 49.4 Å². The van der Waals surface area contributed by atoms with Crippen LogP contribution in [-0.2, 0) is 23.3 Å². The molecule has 7 nitrogen and oxygen atoms in total. The third-order valence-corrected chi connectivity index (χ3v) is 6.12. The Balaban J connectivity index is 1.55. The van der Waals surface area contributed by atoms with Gasteiger partial charge in [-0.15, -0.1) is 0 Å². The van der Waals surface area contributed by atoms with Gasteiger partial charge in [0, 0.05) is 25.0 Å². The van der Waals surface area contributed by atoms with Gasteiger partial charge in [-0.3, -0.25) is 9.59 Å². The zero-order valence-electron chi connectivity index (χ0n) is 16.8. The normalized spacial score (nSPS) is 16.4. The van der Waals surface area contributed by atoms with E-state index in [2.05, 4.69) is 15.3 Å². The minimum atomic E-state index is -0.518. The van der Waals surface area contributed by atoms with Crippen LogP contribution < -0.4 is 11.1 Å². The van der Waals surface area contributed by atoms with E-state index in [9.17, 15) is 9.59 Å². The van der Waals surface area contributed by atoms with Gasteiger partial charge in [0.05, 0.1) is 10.9 Å². The van der Waals surface area contributed by atoms with Crippen LogP contribution in [0, 0.1) is 0 Å². The van der Waals surface area contributed by atoms with E-state index in [1.54, 1.807) is 4.90 Å². The molecule has 2 heterocycles. The summed E-state index contributed by atoms with van der Waals surface area (Å²) in [6.07, 6.45) is 1.59. The molecule has 3 aromatic rings. The molecule has 0 bridgehead atoms. The molecule has 0 atom stereocenters. The SMILES string of the molecule is CCNC(=O)C1(c2ccc3nc(N)nc(C(=O)N4Cc5ccccc5C4)c3c2)CC1. The van der Waals surface area contributed by atoms with Crippen molar-refractivity contribution in [3.05, 3.63) is 64.8 Å². The molecule has 1 saturated carbocycles. The molecule has 1 aromatic heterocycles. The number of hydrogen-bond donors (Lipinski definition) is 2. The monoisotopic (exact) mass is 401 g/mol. The fourth-order valence-electron chi connectivity index (χ4n) is 4.34. The highest BCUT2D eigenvalue weighted by molar-refractivity contribution is 6.05. The van der Waals surface area contributed by atoms with Gasteiger partial charge in [-0.25, -0.2) is 9.97 Å². The Morgan fingerprint density at radius 2 is 1.80 bits per heavy atom. The van der Waals surface area contributed by atoms with E-state index in [1.165, 1.54) is 0 Å². The molecule has 1 fully saturated rings. The van der Waals surface area contributed by atoms with E-state index in [0.29, 0.717) is 36.2 Å². The van der Waals surface area contributed by atoms with Crippen molar-refractivity contribution in [1.82, 2.24) is 20.2 Å². The van der Waals surface area contributed by atoms with Crippen molar-refractivity contribution >= 4 is 28.7 Å². The van der Waals surface area contributed by atoms with Crippen molar-refractivity contribution in [3.63, 3.8) is 0 Å². The van der Waals surface area contributed by atoms with E-state index in [4.69, 9.17) is 5.73 Å². The largest absolute Gasteiger partial charge is 0.368 e. The van der Waals surface area contributed by atoms with Crippen molar-refractivity contribution in [2.24, 2.45) is 0 Å². The number of carbonyl (C=O) groups excluding carboxylic acids is 2. The van der Waals surface area contributed by atoms with Crippen LogP contribution >= 0.6 is 0 Å². The predicted octanol–water partition coefficient (Wildman–Crippen LogP) is 2.54. The molecule has 1 aliphatic carbocycles. The Kier molecular flexibility index (Phi) is 4.20. The minimum absolute atomic E-state index is 0.0311. The fraction of sp³-hybridized carbons (Fsp3) is 0.304. The molecule has 0 unspecified atom stereocenters. The van der Waals surface area contributed by atoms with Gasteiger partial charge in [0.1, 0.15) is 5.69 Å². The van der Waals surface area contributed by atoms with Gasteiger partial charge >= 0.3 is 0 Å². The van der Waals surface area contributed by atoms with Crippen molar-refractivity contribution in [2.75, 3.05) is 12.3 Å². The maximum Gasteiger partial charge on any atom is 0.273 e. The van der Waals surface area contributed by atoms with Crippen LogP contribution in [0.5, 0.6) is 0 Å². The van der Waals surface area contributed by atoms with Crippen LogP contribution in [0.1, 0.15) is 46.9 Å². The van der Waals surface area contributed by atoms with E-state index < -0.39 is 5.41 Å². The van der Waals surface area contributed by atoms with Gasteiger partial charge in [0.2, 0.25) is 11.9 Å². The summed E-state index contributed by atoms with van der Waals surface area (Å²) < 4.78 is 0. The second-order valence-corrected chi connectivity index (χ2v) is 8.03. The quantitative estimate of drug-likeness (QED) is 0.700. The summed E-state index contributed by atoms with van der Waals surface area (Å²) >= 11 is 0. The zero-order valence-corrected chi connectivity index (χ0v) is 16.8. The third kappa shape index (κ3) is 2.89. The van der Waals surface area contributed by atoms with Gasteiger partial charge in [-0.05, 0) is 48.6 Å². The molecular formula is C23H23N5O2. The molecule has 2 aliphatic rings. The Bertz CT molecular complexity index is 1160. The average Bonchev–Trinajstić information content (AvgIpc) is 3.45. The second kappa shape index (κ2) is 6.79. The summed E-state index contributed by atoms with van der Waals surface area (Å²) in [6.45, 7) is 3.59. The van der Waals surface area contributed by atoms with Gasteiger partial charge in [-0.1, -0.05) is 30.3 Å². The molecule has 7 heteroatoms. The number of likely N-dealkylation sites (N-methyl/N-ethyl adjacent to an activating group) is 1. The highest BCUT2D eigenvalue weighted by Gasteiger charge is 2.51. The number of nitrogens with zero attached hydrogens (tertiary/aromatic N) is 3. The van der Waals surface area contributed by atoms with Crippen molar-refractivity contribution < 1.29 is 9.59 Å². The van der Waals surface area contributed by atoms with E-state index >= 15 is 0 Å². The predicted molar refractivity (Wildman–Crippen MR) is 114 cm³/mol. The van der Waals surface area contributed by atoms with Crippen molar-refractivity contribution in [1.29, 1.82) is 0 Å². The molecule has 2 aromatic carbocycles. The molecule has 5 rings (SSSR count). The summed E-state index contributed by atoms with van der Waals surface area (Å²) in [7, 11) is 0. The van der Waals surface area contributed by atoms with Crippen LogP contribution in [-0.4, -0.2) is 33.2 Å².